The summed E-state index contributed by atoms with van der Waals surface area (Å²) < 4.78 is 5.14. The van der Waals surface area contributed by atoms with Gasteiger partial charge in [0.1, 0.15) is 0 Å². The van der Waals surface area contributed by atoms with E-state index in [0.717, 1.165) is 25.2 Å². The molecule has 0 aromatic carbocycles. The standard InChI is InChI=1S/C11H15N3O.ClH/c12-11(6-1-7-11)10-13-9(15-14-10)5-4-8-2-3-8;/h4-5,8H,1-3,6-7,12H2;1H/b5-4+;. The number of hydrogen-bond acceptors (Lipinski definition) is 4. The van der Waals surface area contributed by atoms with E-state index in [1.807, 2.05) is 6.08 Å². The Morgan fingerprint density at radius 1 is 1.38 bits per heavy atom. The van der Waals surface area contributed by atoms with Crippen LogP contribution in [0.4, 0.5) is 0 Å². The molecule has 0 unspecified atom stereocenters. The summed E-state index contributed by atoms with van der Waals surface area (Å²) in [6, 6.07) is 0. The van der Waals surface area contributed by atoms with E-state index in [4.69, 9.17) is 10.3 Å². The van der Waals surface area contributed by atoms with Crippen LogP contribution in [0.1, 0.15) is 43.8 Å². The first-order valence-corrected chi connectivity index (χ1v) is 5.58. The Labute approximate surface area is 101 Å². The Balaban J connectivity index is 0.000000963. The molecule has 1 aromatic heterocycles. The Kier molecular flexibility index (Phi) is 3.04. The van der Waals surface area contributed by atoms with E-state index in [1.54, 1.807) is 0 Å². The smallest absolute Gasteiger partial charge is 0.250 e. The zero-order valence-corrected chi connectivity index (χ0v) is 9.87. The maximum atomic E-state index is 6.10. The number of halogens is 1. The third kappa shape index (κ3) is 2.13. The van der Waals surface area contributed by atoms with Crippen LogP contribution < -0.4 is 5.73 Å². The third-order valence-corrected chi connectivity index (χ3v) is 3.27. The molecule has 0 aliphatic heterocycles. The van der Waals surface area contributed by atoms with Gasteiger partial charge in [0.2, 0.25) is 5.89 Å². The Morgan fingerprint density at radius 2 is 2.12 bits per heavy atom. The molecule has 2 aliphatic carbocycles. The van der Waals surface area contributed by atoms with Gasteiger partial charge in [-0.3, -0.25) is 0 Å². The predicted molar refractivity (Wildman–Crippen MR) is 63.0 cm³/mol. The second-order valence-corrected chi connectivity index (χ2v) is 4.66. The van der Waals surface area contributed by atoms with Gasteiger partial charge in [-0.15, -0.1) is 12.4 Å². The first-order chi connectivity index (χ1) is 7.26. The van der Waals surface area contributed by atoms with Crippen LogP contribution in [0.3, 0.4) is 0 Å². The quantitative estimate of drug-likeness (QED) is 0.882. The number of nitrogens with zero attached hydrogens (tertiary/aromatic N) is 2. The molecule has 5 heteroatoms. The van der Waals surface area contributed by atoms with Crippen molar-refractivity contribution in [3.8, 4) is 0 Å². The van der Waals surface area contributed by atoms with E-state index in [2.05, 4.69) is 16.2 Å². The van der Waals surface area contributed by atoms with E-state index in [1.165, 1.54) is 12.8 Å². The molecular weight excluding hydrogens is 226 g/mol. The summed E-state index contributed by atoms with van der Waals surface area (Å²) >= 11 is 0. The molecule has 2 saturated carbocycles. The maximum Gasteiger partial charge on any atom is 0.250 e. The molecule has 1 heterocycles. The summed E-state index contributed by atoms with van der Waals surface area (Å²) in [5.74, 6) is 1.99. The lowest BCUT2D eigenvalue weighted by atomic mass is 9.77. The molecule has 0 radical (unpaired) electrons. The summed E-state index contributed by atoms with van der Waals surface area (Å²) in [6.07, 6.45) is 9.74. The molecule has 0 atom stereocenters. The van der Waals surface area contributed by atoms with Crippen molar-refractivity contribution in [2.24, 2.45) is 11.7 Å². The van der Waals surface area contributed by atoms with E-state index in [9.17, 15) is 0 Å². The van der Waals surface area contributed by atoms with Crippen LogP contribution in [0.5, 0.6) is 0 Å². The van der Waals surface area contributed by atoms with Crippen molar-refractivity contribution >= 4 is 18.5 Å². The lowest BCUT2D eigenvalue weighted by Gasteiger charge is -2.34. The SMILES string of the molecule is Cl.NC1(c2noc(/C=C/C3CC3)n2)CCC1. The van der Waals surface area contributed by atoms with Crippen molar-refractivity contribution in [1.82, 2.24) is 10.1 Å². The highest BCUT2D eigenvalue weighted by molar-refractivity contribution is 5.85. The van der Waals surface area contributed by atoms with Gasteiger partial charge < -0.3 is 10.3 Å². The van der Waals surface area contributed by atoms with Crippen molar-refractivity contribution in [1.29, 1.82) is 0 Å². The van der Waals surface area contributed by atoms with E-state index < -0.39 is 0 Å². The summed E-state index contributed by atoms with van der Waals surface area (Å²) in [5, 5.41) is 3.95. The van der Waals surface area contributed by atoms with Crippen molar-refractivity contribution in [2.45, 2.75) is 37.6 Å². The summed E-state index contributed by atoms with van der Waals surface area (Å²) in [4.78, 5) is 4.31. The Morgan fingerprint density at radius 3 is 2.69 bits per heavy atom. The fourth-order valence-corrected chi connectivity index (χ4v) is 1.79. The first-order valence-electron chi connectivity index (χ1n) is 5.58. The molecule has 0 saturated heterocycles. The lowest BCUT2D eigenvalue weighted by molar-refractivity contribution is 0.229. The van der Waals surface area contributed by atoms with Crippen LogP contribution in [-0.2, 0) is 5.54 Å². The number of rotatable bonds is 3. The highest BCUT2D eigenvalue weighted by Gasteiger charge is 2.38. The molecule has 2 aliphatic rings. The molecule has 2 N–H and O–H groups in total. The van der Waals surface area contributed by atoms with E-state index >= 15 is 0 Å². The molecule has 1 aromatic rings. The predicted octanol–water partition coefficient (Wildman–Crippen LogP) is 2.25. The van der Waals surface area contributed by atoms with Crippen LogP contribution >= 0.6 is 12.4 Å². The molecule has 3 rings (SSSR count). The largest absolute Gasteiger partial charge is 0.335 e. The molecule has 0 bridgehead atoms. The van der Waals surface area contributed by atoms with E-state index in [-0.39, 0.29) is 17.9 Å². The number of nitrogens with two attached hydrogens (primary N) is 1. The topological polar surface area (TPSA) is 64.9 Å². The average molecular weight is 242 g/mol. The molecule has 16 heavy (non-hydrogen) atoms. The normalized spacial score (nSPS) is 22.8. The number of aromatic nitrogens is 2. The highest BCUT2D eigenvalue weighted by atomic mass is 35.5. The van der Waals surface area contributed by atoms with Crippen LogP contribution in [0.25, 0.3) is 6.08 Å². The van der Waals surface area contributed by atoms with Crippen molar-refractivity contribution in [3.63, 3.8) is 0 Å². The average Bonchev–Trinajstić information content (AvgIpc) is 2.90. The molecule has 0 amide bonds. The van der Waals surface area contributed by atoms with Gasteiger partial charge in [0.25, 0.3) is 0 Å². The van der Waals surface area contributed by atoms with Crippen molar-refractivity contribution in [3.05, 3.63) is 17.8 Å². The molecule has 2 fully saturated rings. The van der Waals surface area contributed by atoms with Crippen LogP contribution in [-0.4, -0.2) is 10.1 Å². The zero-order chi connectivity index (χ0) is 10.3. The van der Waals surface area contributed by atoms with Gasteiger partial charge >= 0.3 is 0 Å². The maximum absolute atomic E-state index is 6.10. The monoisotopic (exact) mass is 241 g/mol. The Hall–Kier alpha value is -0.870. The molecule has 4 nitrogen and oxygen atoms in total. The highest BCUT2D eigenvalue weighted by Crippen LogP contribution is 2.37. The van der Waals surface area contributed by atoms with Crippen LogP contribution in [0.15, 0.2) is 10.6 Å². The first kappa shape index (κ1) is 11.6. The van der Waals surface area contributed by atoms with Gasteiger partial charge in [0.05, 0.1) is 5.54 Å². The minimum atomic E-state index is -0.310. The van der Waals surface area contributed by atoms with Crippen LogP contribution in [0, 0.1) is 5.92 Å². The van der Waals surface area contributed by atoms with Gasteiger partial charge in [0, 0.05) is 0 Å². The van der Waals surface area contributed by atoms with Crippen molar-refractivity contribution in [2.75, 3.05) is 0 Å². The van der Waals surface area contributed by atoms with Gasteiger partial charge in [-0.2, -0.15) is 4.98 Å². The Bertz CT molecular complexity index is 394. The van der Waals surface area contributed by atoms with E-state index in [0.29, 0.717) is 11.7 Å². The van der Waals surface area contributed by atoms with Gasteiger partial charge in [-0.1, -0.05) is 11.2 Å². The summed E-state index contributed by atoms with van der Waals surface area (Å²) in [5.41, 5.74) is 5.79. The van der Waals surface area contributed by atoms with Gasteiger partial charge in [0.15, 0.2) is 5.82 Å². The van der Waals surface area contributed by atoms with Gasteiger partial charge in [-0.05, 0) is 44.1 Å². The summed E-state index contributed by atoms with van der Waals surface area (Å²) in [7, 11) is 0. The molecule has 0 spiro atoms. The van der Waals surface area contributed by atoms with Gasteiger partial charge in [-0.25, -0.2) is 0 Å². The summed E-state index contributed by atoms with van der Waals surface area (Å²) in [6.45, 7) is 0. The van der Waals surface area contributed by atoms with Crippen LogP contribution in [0.2, 0.25) is 0 Å². The fraction of sp³-hybridized carbons (Fsp3) is 0.636. The van der Waals surface area contributed by atoms with Crippen molar-refractivity contribution < 1.29 is 4.52 Å². The second kappa shape index (κ2) is 4.18. The lowest BCUT2D eigenvalue weighted by Crippen LogP contribution is -2.44. The minimum Gasteiger partial charge on any atom is -0.335 e. The minimum absolute atomic E-state index is 0. The number of allylic oxidation sites excluding steroid dienone is 1. The second-order valence-electron chi connectivity index (χ2n) is 4.66. The molecular formula is C11H16ClN3O. The molecule has 88 valence electrons. The number of hydrogen-bond donors (Lipinski definition) is 1. The third-order valence-electron chi connectivity index (χ3n) is 3.27. The zero-order valence-electron chi connectivity index (χ0n) is 9.06. The fourth-order valence-electron chi connectivity index (χ4n) is 1.79.